The molecule has 0 bridgehead atoms. The lowest BCUT2D eigenvalue weighted by atomic mass is 10.1. The largest absolute Gasteiger partial charge is 0.369 e. The molecule has 1 aliphatic carbocycles. The lowest BCUT2D eigenvalue weighted by Crippen LogP contribution is -2.19. The summed E-state index contributed by atoms with van der Waals surface area (Å²) in [4.78, 5) is 23.4. The van der Waals surface area contributed by atoms with Crippen LogP contribution in [0.5, 0.6) is 0 Å². The highest BCUT2D eigenvalue weighted by atomic mass is 16.1. The van der Waals surface area contributed by atoms with Crippen molar-refractivity contribution >= 4 is 11.6 Å². The number of carbonyl (C=O) groups is 1. The van der Waals surface area contributed by atoms with E-state index in [9.17, 15) is 9.59 Å². The van der Waals surface area contributed by atoms with Crippen LogP contribution in [0.15, 0.2) is 16.9 Å². The number of rotatable bonds is 2. The van der Waals surface area contributed by atoms with Crippen molar-refractivity contribution in [3.8, 4) is 0 Å². The van der Waals surface area contributed by atoms with Crippen molar-refractivity contribution in [2.24, 2.45) is 5.92 Å². The van der Waals surface area contributed by atoms with Crippen LogP contribution in [-0.4, -0.2) is 16.9 Å². The molecule has 15 heavy (non-hydrogen) atoms. The van der Waals surface area contributed by atoms with E-state index in [2.05, 4.69) is 5.32 Å². The minimum Gasteiger partial charge on any atom is -0.369 e. The number of aromatic nitrogens is 1. The molecule has 1 saturated carbocycles. The van der Waals surface area contributed by atoms with Gasteiger partial charge in [0.15, 0.2) is 5.78 Å². The molecule has 4 heteroatoms. The fourth-order valence-corrected chi connectivity index (χ4v) is 2.04. The predicted octanol–water partition coefficient (Wildman–Crippen LogP) is 0.866. The second kappa shape index (κ2) is 2.95. The number of anilines is 1. The first-order chi connectivity index (χ1) is 7.27. The van der Waals surface area contributed by atoms with Crippen LogP contribution in [0.2, 0.25) is 0 Å². The van der Waals surface area contributed by atoms with Crippen LogP contribution >= 0.6 is 0 Å². The lowest BCUT2D eigenvalue weighted by molar-refractivity contribution is 0.0968. The SMILES string of the molecule is O=C(c1ccc(=O)n2c1NCC2)C1CC1. The molecule has 0 unspecified atom stereocenters. The zero-order valence-corrected chi connectivity index (χ0v) is 8.32. The molecule has 1 fully saturated rings. The number of fused-ring (bicyclic) bond motifs is 1. The first-order valence-electron chi connectivity index (χ1n) is 5.29. The van der Waals surface area contributed by atoms with Gasteiger partial charge in [0.05, 0.1) is 5.56 Å². The summed E-state index contributed by atoms with van der Waals surface area (Å²) in [5.41, 5.74) is 0.664. The van der Waals surface area contributed by atoms with Gasteiger partial charge in [0, 0.05) is 25.1 Å². The third-order valence-electron chi connectivity index (χ3n) is 3.03. The van der Waals surface area contributed by atoms with E-state index in [4.69, 9.17) is 0 Å². The van der Waals surface area contributed by atoms with E-state index >= 15 is 0 Å². The summed E-state index contributed by atoms with van der Waals surface area (Å²) in [6.07, 6.45) is 1.99. The van der Waals surface area contributed by atoms with Crippen molar-refractivity contribution in [2.75, 3.05) is 11.9 Å². The van der Waals surface area contributed by atoms with Crippen molar-refractivity contribution in [3.05, 3.63) is 28.0 Å². The third-order valence-corrected chi connectivity index (χ3v) is 3.03. The molecule has 1 aromatic heterocycles. The maximum absolute atomic E-state index is 11.9. The minimum atomic E-state index is -0.0256. The summed E-state index contributed by atoms with van der Waals surface area (Å²) >= 11 is 0. The van der Waals surface area contributed by atoms with Crippen molar-refractivity contribution in [1.29, 1.82) is 0 Å². The molecular weight excluding hydrogens is 192 g/mol. The Morgan fingerprint density at radius 3 is 2.93 bits per heavy atom. The van der Waals surface area contributed by atoms with Crippen LogP contribution in [-0.2, 0) is 6.54 Å². The van der Waals surface area contributed by atoms with E-state index < -0.39 is 0 Å². The number of hydrogen-bond donors (Lipinski definition) is 1. The van der Waals surface area contributed by atoms with E-state index in [1.54, 1.807) is 10.6 Å². The third kappa shape index (κ3) is 1.28. The Hall–Kier alpha value is -1.58. The Labute approximate surface area is 86.9 Å². The maximum Gasteiger partial charge on any atom is 0.252 e. The van der Waals surface area contributed by atoms with E-state index in [0.717, 1.165) is 25.2 Å². The van der Waals surface area contributed by atoms with Gasteiger partial charge in [0.2, 0.25) is 0 Å². The topological polar surface area (TPSA) is 51.1 Å². The fraction of sp³-hybridized carbons (Fsp3) is 0.455. The van der Waals surface area contributed by atoms with Crippen LogP contribution in [0.1, 0.15) is 23.2 Å². The molecule has 3 rings (SSSR count). The van der Waals surface area contributed by atoms with Crippen molar-refractivity contribution in [1.82, 2.24) is 4.57 Å². The van der Waals surface area contributed by atoms with Gasteiger partial charge in [-0.3, -0.25) is 14.2 Å². The molecule has 1 N–H and O–H groups in total. The van der Waals surface area contributed by atoms with Crippen molar-refractivity contribution < 1.29 is 4.79 Å². The smallest absolute Gasteiger partial charge is 0.252 e. The van der Waals surface area contributed by atoms with Gasteiger partial charge in [0.1, 0.15) is 5.82 Å². The molecule has 0 atom stereocenters. The quantitative estimate of drug-likeness (QED) is 0.727. The molecule has 1 aromatic rings. The van der Waals surface area contributed by atoms with Gasteiger partial charge in [-0.1, -0.05) is 0 Å². The predicted molar refractivity (Wildman–Crippen MR) is 56.2 cm³/mol. The van der Waals surface area contributed by atoms with Crippen LogP contribution in [0.3, 0.4) is 0 Å². The number of Topliss-reactive ketones (excluding diaryl/α,β-unsaturated/α-hetero) is 1. The highest BCUT2D eigenvalue weighted by Crippen LogP contribution is 2.34. The van der Waals surface area contributed by atoms with E-state index in [-0.39, 0.29) is 17.3 Å². The summed E-state index contributed by atoms with van der Waals surface area (Å²) < 4.78 is 1.65. The molecule has 0 amide bonds. The van der Waals surface area contributed by atoms with Gasteiger partial charge in [-0.15, -0.1) is 0 Å². The molecule has 0 aromatic carbocycles. The molecule has 2 aliphatic rings. The monoisotopic (exact) mass is 204 g/mol. The molecular formula is C11H12N2O2. The summed E-state index contributed by atoms with van der Waals surface area (Å²) in [6.45, 7) is 1.41. The average molecular weight is 204 g/mol. The summed E-state index contributed by atoms with van der Waals surface area (Å²) in [7, 11) is 0. The van der Waals surface area contributed by atoms with E-state index in [0.29, 0.717) is 12.1 Å². The second-order valence-corrected chi connectivity index (χ2v) is 4.15. The zero-order chi connectivity index (χ0) is 10.4. The minimum absolute atomic E-state index is 0.0256. The van der Waals surface area contributed by atoms with Gasteiger partial charge >= 0.3 is 0 Å². The second-order valence-electron chi connectivity index (χ2n) is 4.15. The first-order valence-corrected chi connectivity index (χ1v) is 5.29. The van der Waals surface area contributed by atoms with Gasteiger partial charge in [0.25, 0.3) is 5.56 Å². The Balaban J connectivity index is 2.12. The number of carbonyl (C=O) groups excluding carboxylic acids is 1. The summed E-state index contributed by atoms with van der Waals surface area (Å²) in [6, 6.07) is 3.15. The molecule has 1 aliphatic heterocycles. The highest BCUT2D eigenvalue weighted by Gasteiger charge is 2.33. The maximum atomic E-state index is 11.9. The summed E-state index contributed by atoms with van der Waals surface area (Å²) in [5, 5.41) is 3.12. The van der Waals surface area contributed by atoms with Gasteiger partial charge in [-0.2, -0.15) is 0 Å². The lowest BCUT2D eigenvalue weighted by Gasteiger charge is -2.07. The number of ketones is 1. The summed E-state index contributed by atoms with van der Waals surface area (Å²) in [5.74, 6) is 1.11. The molecule has 2 heterocycles. The van der Waals surface area contributed by atoms with Crippen LogP contribution in [0.25, 0.3) is 0 Å². The molecule has 0 saturated heterocycles. The Bertz CT molecular complexity index is 486. The molecule has 0 spiro atoms. The Morgan fingerprint density at radius 2 is 2.20 bits per heavy atom. The van der Waals surface area contributed by atoms with E-state index in [1.807, 2.05) is 0 Å². The molecule has 4 nitrogen and oxygen atoms in total. The van der Waals surface area contributed by atoms with E-state index in [1.165, 1.54) is 6.07 Å². The van der Waals surface area contributed by atoms with Gasteiger partial charge < -0.3 is 5.32 Å². The van der Waals surface area contributed by atoms with Crippen LogP contribution in [0.4, 0.5) is 5.82 Å². The standard InChI is InChI=1S/C11H12N2O2/c14-9-4-3-8(10(15)7-1-2-7)11-12-5-6-13(9)11/h3-4,7,12H,1-2,5-6H2. The van der Waals surface area contributed by atoms with Crippen molar-refractivity contribution in [2.45, 2.75) is 19.4 Å². The number of pyridine rings is 1. The van der Waals surface area contributed by atoms with Crippen molar-refractivity contribution in [3.63, 3.8) is 0 Å². The fourth-order valence-electron chi connectivity index (χ4n) is 2.04. The molecule has 78 valence electrons. The average Bonchev–Trinajstić information content (AvgIpc) is 2.96. The van der Waals surface area contributed by atoms with Crippen LogP contribution < -0.4 is 10.9 Å². The molecule has 0 radical (unpaired) electrons. The number of nitrogens with one attached hydrogen (secondary N) is 1. The Kier molecular flexibility index (Phi) is 1.71. The highest BCUT2D eigenvalue weighted by molar-refractivity contribution is 6.03. The Morgan fingerprint density at radius 1 is 1.40 bits per heavy atom. The number of hydrogen-bond acceptors (Lipinski definition) is 3. The van der Waals surface area contributed by atoms with Crippen LogP contribution in [0, 0.1) is 5.92 Å². The first kappa shape index (κ1) is 8.71. The normalized spacial score (nSPS) is 18.4. The number of nitrogens with zero attached hydrogens (tertiary/aromatic N) is 1. The van der Waals surface area contributed by atoms with Gasteiger partial charge in [-0.25, -0.2) is 0 Å². The van der Waals surface area contributed by atoms with Gasteiger partial charge in [-0.05, 0) is 18.9 Å². The zero-order valence-electron chi connectivity index (χ0n) is 8.32.